The molecule has 1 heterocycles. The van der Waals surface area contributed by atoms with Gasteiger partial charge in [-0.25, -0.2) is 4.39 Å². The number of para-hydroxylation sites is 1. The largest absolute Gasteiger partial charge is 0.464 e. The van der Waals surface area contributed by atoms with Gasteiger partial charge in [-0.15, -0.1) is 0 Å². The average Bonchev–Trinajstić information content (AvgIpc) is 2.89. The Labute approximate surface area is 117 Å². The van der Waals surface area contributed by atoms with E-state index in [0.29, 0.717) is 0 Å². The summed E-state index contributed by atoms with van der Waals surface area (Å²) in [5.74, 6) is -0.200. The molecule has 0 aliphatic heterocycles. The van der Waals surface area contributed by atoms with E-state index in [1.54, 1.807) is 18.4 Å². The van der Waals surface area contributed by atoms with Gasteiger partial charge in [0.25, 0.3) is 0 Å². The number of hydrogen-bond donors (Lipinski definition) is 1. The summed E-state index contributed by atoms with van der Waals surface area (Å²) in [5.41, 5.74) is 2.95. The van der Waals surface area contributed by atoms with E-state index in [4.69, 9.17) is 4.42 Å². The molecule has 1 atom stereocenters. The van der Waals surface area contributed by atoms with Crippen molar-refractivity contribution in [1.82, 2.24) is 5.32 Å². The van der Waals surface area contributed by atoms with E-state index < -0.39 is 0 Å². The second kappa shape index (κ2) is 5.47. The summed E-state index contributed by atoms with van der Waals surface area (Å²) in [6.45, 7) is 0. The second-order valence-corrected chi connectivity index (χ2v) is 4.86. The van der Waals surface area contributed by atoms with Crippen molar-refractivity contribution in [2.75, 3.05) is 7.05 Å². The molecule has 0 aliphatic carbocycles. The normalized spacial score (nSPS) is 12.7. The first kappa shape index (κ1) is 12.9. The molecule has 1 aromatic heterocycles. The molecule has 20 heavy (non-hydrogen) atoms. The molecule has 0 saturated carbocycles. The third-order valence-electron chi connectivity index (χ3n) is 3.56. The Morgan fingerprint density at radius 3 is 2.80 bits per heavy atom. The molecule has 0 spiro atoms. The topological polar surface area (TPSA) is 25.2 Å². The summed E-state index contributed by atoms with van der Waals surface area (Å²) in [4.78, 5) is 0. The lowest BCUT2D eigenvalue weighted by Gasteiger charge is -2.15. The summed E-state index contributed by atoms with van der Waals surface area (Å²) in [5, 5.41) is 4.38. The van der Waals surface area contributed by atoms with Crippen molar-refractivity contribution < 1.29 is 8.81 Å². The number of furan rings is 1. The molecule has 0 aliphatic rings. The number of nitrogens with one attached hydrogen (secondary N) is 1. The zero-order valence-electron chi connectivity index (χ0n) is 11.3. The van der Waals surface area contributed by atoms with Crippen LogP contribution in [0.25, 0.3) is 11.0 Å². The summed E-state index contributed by atoms with van der Waals surface area (Å²) >= 11 is 0. The van der Waals surface area contributed by atoms with Gasteiger partial charge in [0.15, 0.2) is 0 Å². The lowest BCUT2D eigenvalue weighted by atomic mass is 9.98. The zero-order valence-corrected chi connectivity index (χ0v) is 11.3. The van der Waals surface area contributed by atoms with Crippen molar-refractivity contribution >= 4 is 11.0 Å². The molecule has 102 valence electrons. The van der Waals surface area contributed by atoms with Crippen molar-refractivity contribution in [1.29, 1.82) is 0 Å². The van der Waals surface area contributed by atoms with Crippen LogP contribution in [0.5, 0.6) is 0 Å². The number of hydrogen-bond acceptors (Lipinski definition) is 2. The van der Waals surface area contributed by atoms with Crippen LogP contribution in [-0.2, 0) is 6.42 Å². The number of fused-ring (bicyclic) bond motifs is 1. The van der Waals surface area contributed by atoms with Gasteiger partial charge in [-0.3, -0.25) is 0 Å². The fourth-order valence-electron chi connectivity index (χ4n) is 2.54. The first-order valence-corrected chi connectivity index (χ1v) is 6.66. The summed E-state index contributed by atoms with van der Waals surface area (Å²) in [7, 11) is 1.91. The van der Waals surface area contributed by atoms with Gasteiger partial charge < -0.3 is 9.73 Å². The van der Waals surface area contributed by atoms with Crippen molar-refractivity contribution in [2.24, 2.45) is 0 Å². The van der Waals surface area contributed by atoms with Crippen LogP contribution in [0.1, 0.15) is 17.2 Å². The minimum absolute atomic E-state index is 0.0976. The zero-order chi connectivity index (χ0) is 13.9. The van der Waals surface area contributed by atoms with Gasteiger partial charge in [-0.05, 0) is 37.2 Å². The smallest absolute Gasteiger partial charge is 0.134 e. The van der Waals surface area contributed by atoms with Crippen LogP contribution in [0.2, 0.25) is 0 Å². The van der Waals surface area contributed by atoms with Crippen LogP contribution in [0.4, 0.5) is 4.39 Å². The number of halogens is 1. The lowest BCUT2D eigenvalue weighted by Crippen LogP contribution is -2.18. The highest BCUT2D eigenvalue weighted by atomic mass is 19.1. The van der Waals surface area contributed by atoms with Gasteiger partial charge in [-0.2, -0.15) is 0 Å². The van der Waals surface area contributed by atoms with Crippen LogP contribution in [0.3, 0.4) is 0 Å². The van der Waals surface area contributed by atoms with Gasteiger partial charge in [-0.1, -0.05) is 30.3 Å². The molecule has 1 unspecified atom stereocenters. The molecule has 0 saturated heterocycles. The highest BCUT2D eigenvalue weighted by Crippen LogP contribution is 2.28. The minimum Gasteiger partial charge on any atom is -0.464 e. The second-order valence-electron chi connectivity index (χ2n) is 4.86. The van der Waals surface area contributed by atoms with Crippen LogP contribution in [0.15, 0.2) is 59.2 Å². The molecule has 0 amide bonds. The van der Waals surface area contributed by atoms with Crippen LogP contribution in [0, 0.1) is 5.82 Å². The Kier molecular flexibility index (Phi) is 3.52. The summed E-state index contributed by atoms with van der Waals surface area (Å²) in [6, 6.07) is 14.8. The first-order chi connectivity index (χ1) is 9.78. The highest BCUT2D eigenvalue weighted by Gasteiger charge is 2.16. The molecule has 3 aromatic rings. The molecule has 3 heteroatoms. The van der Waals surface area contributed by atoms with Crippen molar-refractivity contribution in [3.63, 3.8) is 0 Å². The van der Waals surface area contributed by atoms with Gasteiger partial charge in [0.1, 0.15) is 11.4 Å². The van der Waals surface area contributed by atoms with Crippen molar-refractivity contribution in [2.45, 2.75) is 12.5 Å². The number of rotatable bonds is 4. The SMILES string of the molecule is CNC(Cc1cccc(F)c1)c1coc2ccccc12. The van der Waals surface area contributed by atoms with Gasteiger partial charge in [0, 0.05) is 17.0 Å². The van der Waals surface area contributed by atoms with E-state index in [1.807, 2.05) is 37.4 Å². The maximum absolute atomic E-state index is 13.3. The van der Waals surface area contributed by atoms with Gasteiger partial charge in [0.2, 0.25) is 0 Å². The molecule has 0 bridgehead atoms. The monoisotopic (exact) mass is 269 g/mol. The van der Waals surface area contributed by atoms with E-state index in [2.05, 4.69) is 5.32 Å². The Bertz CT molecular complexity index is 720. The minimum atomic E-state index is -0.200. The predicted octanol–water partition coefficient (Wildman–Crippen LogP) is 4.08. The van der Waals surface area contributed by atoms with E-state index in [0.717, 1.165) is 28.5 Å². The maximum Gasteiger partial charge on any atom is 0.134 e. The Morgan fingerprint density at radius 2 is 2.00 bits per heavy atom. The molecular formula is C17H16FNO. The standard InChI is InChI=1S/C17H16FNO/c1-19-16(10-12-5-4-6-13(18)9-12)15-11-20-17-8-3-2-7-14(15)17/h2-9,11,16,19H,10H2,1H3. The van der Waals surface area contributed by atoms with Crippen LogP contribution < -0.4 is 5.32 Å². The maximum atomic E-state index is 13.3. The quantitative estimate of drug-likeness (QED) is 0.772. The summed E-state index contributed by atoms with van der Waals surface area (Å²) in [6.07, 6.45) is 2.50. The van der Waals surface area contributed by atoms with E-state index in [9.17, 15) is 4.39 Å². The van der Waals surface area contributed by atoms with Crippen molar-refractivity contribution in [3.05, 3.63) is 71.7 Å². The Hall–Kier alpha value is -2.13. The van der Waals surface area contributed by atoms with Gasteiger partial charge >= 0.3 is 0 Å². The lowest BCUT2D eigenvalue weighted by molar-refractivity contribution is 0.560. The Balaban J connectivity index is 1.93. The fraction of sp³-hybridized carbons (Fsp3) is 0.176. The highest BCUT2D eigenvalue weighted by molar-refractivity contribution is 5.81. The molecule has 3 rings (SSSR count). The molecule has 2 aromatic carbocycles. The molecular weight excluding hydrogens is 253 g/mol. The van der Waals surface area contributed by atoms with Crippen molar-refractivity contribution in [3.8, 4) is 0 Å². The summed E-state index contributed by atoms with van der Waals surface area (Å²) < 4.78 is 18.9. The number of benzene rings is 2. The Morgan fingerprint density at radius 1 is 1.15 bits per heavy atom. The fourth-order valence-corrected chi connectivity index (χ4v) is 2.54. The molecule has 2 nitrogen and oxygen atoms in total. The van der Waals surface area contributed by atoms with Crippen LogP contribution in [-0.4, -0.2) is 7.05 Å². The van der Waals surface area contributed by atoms with E-state index >= 15 is 0 Å². The number of likely N-dealkylation sites (N-methyl/N-ethyl adjacent to an activating group) is 1. The van der Waals surface area contributed by atoms with E-state index in [-0.39, 0.29) is 11.9 Å². The van der Waals surface area contributed by atoms with Gasteiger partial charge in [0.05, 0.1) is 6.26 Å². The molecule has 0 fully saturated rings. The van der Waals surface area contributed by atoms with Crippen LogP contribution >= 0.6 is 0 Å². The molecule has 0 radical (unpaired) electrons. The third-order valence-corrected chi connectivity index (χ3v) is 3.56. The van der Waals surface area contributed by atoms with E-state index in [1.165, 1.54) is 6.07 Å². The average molecular weight is 269 g/mol. The first-order valence-electron chi connectivity index (χ1n) is 6.66. The molecule has 1 N–H and O–H groups in total. The predicted molar refractivity (Wildman–Crippen MR) is 78.1 cm³/mol. The third kappa shape index (κ3) is 2.45.